The SMILES string of the molecule is O=[N+]([O-])c1ccc([C@H]2Nc3c(F)cccc3[C@H]3C=CC[C@H]32)cc1. The number of anilines is 1. The van der Waals surface area contributed by atoms with Gasteiger partial charge in [-0.25, -0.2) is 4.39 Å². The summed E-state index contributed by atoms with van der Waals surface area (Å²) in [5, 5.41) is 14.1. The number of nitrogens with zero attached hydrogens (tertiary/aromatic N) is 1. The number of hydrogen-bond acceptors (Lipinski definition) is 3. The lowest BCUT2D eigenvalue weighted by molar-refractivity contribution is -0.384. The molecule has 4 nitrogen and oxygen atoms in total. The summed E-state index contributed by atoms with van der Waals surface area (Å²) in [5.74, 6) is 0.223. The lowest BCUT2D eigenvalue weighted by Crippen LogP contribution is -2.29. The minimum atomic E-state index is -0.410. The second kappa shape index (κ2) is 5.19. The minimum Gasteiger partial charge on any atom is -0.375 e. The van der Waals surface area contributed by atoms with Crippen molar-refractivity contribution in [2.45, 2.75) is 18.4 Å². The molecule has 3 atom stereocenters. The number of hydrogen-bond donors (Lipinski definition) is 1. The molecule has 0 aromatic heterocycles. The zero-order valence-electron chi connectivity index (χ0n) is 12.3. The van der Waals surface area contributed by atoms with Crippen LogP contribution in [0.1, 0.15) is 29.5 Å². The van der Waals surface area contributed by atoms with Crippen LogP contribution in [0.25, 0.3) is 0 Å². The van der Waals surface area contributed by atoms with Gasteiger partial charge in [0.2, 0.25) is 0 Å². The Balaban J connectivity index is 1.75. The Morgan fingerprint density at radius 1 is 1.17 bits per heavy atom. The van der Waals surface area contributed by atoms with E-state index in [0.717, 1.165) is 17.5 Å². The van der Waals surface area contributed by atoms with Gasteiger partial charge in [-0.1, -0.05) is 36.4 Å². The molecule has 0 bridgehead atoms. The van der Waals surface area contributed by atoms with Crippen LogP contribution >= 0.6 is 0 Å². The summed E-state index contributed by atoms with van der Waals surface area (Å²) in [5.41, 5.74) is 2.55. The highest BCUT2D eigenvalue weighted by Gasteiger charge is 2.38. The van der Waals surface area contributed by atoms with Crippen LogP contribution in [0.2, 0.25) is 0 Å². The molecule has 0 spiro atoms. The van der Waals surface area contributed by atoms with Crippen molar-refractivity contribution in [2.24, 2.45) is 5.92 Å². The molecule has 0 saturated heterocycles. The van der Waals surface area contributed by atoms with E-state index < -0.39 is 4.92 Å². The van der Waals surface area contributed by atoms with Crippen LogP contribution in [-0.2, 0) is 0 Å². The van der Waals surface area contributed by atoms with Gasteiger partial charge in [-0.3, -0.25) is 10.1 Å². The predicted molar refractivity (Wildman–Crippen MR) is 85.8 cm³/mol. The third-order valence-corrected chi connectivity index (χ3v) is 4.81. The Labute approximate surface area is 132 Å². The Morgan fingerprint density at radius 2 is 1.96 bits per heavy atom. The van der Waals surface area contributed by atoms with Crippen molar-refractivity contribution in [2.75, 3.05) is 5.32 Å². The van der Waals surface area contributed by atoms with Crippen molar-refractivity contribution in [1.82, 2.24) is 0 Å². The quantitative estimate of drug-likeness (QED) is 0.502. The molecule has 2 aromatic rings. The molecule has 0 unspecified atom stereocenters. The minimum absolute atomic E-state index is 0.0554. The first-order valence-electron chi connectivity index (χ1n) is 7.61. The molecule has 0 amide bonds. The molecule has 0 fully saturated rings. The highest BCUT2D eigenvalue weighted by Crippen LogP contribution is 2.50. The summed E-state index contributed by atoms with van der Waals surface area (Å²) in [4.78, 5) is 10.4. The second-order valence-electron chi connectivity index (χ2n) is 6.03. The summed E-state index contributed by atoms with van der Waals surface area (Å²) in [6, 6.07) is 11.6. The van der Waals surface area contributed by atoms with E-state index in [1.54, 1.807) is 18.2 Å². The van der Waals surface area contributed by atoms with E-state index in [0.29, 0.717) is 11.6 Å². The van der Waals surface area contributed by atoms with Crippen molar-refractivity contribution in [3.8, 4) is 0 Å². The van der Waals surface area contributed by atoms with E-state index in [1.165, 1.54) is 18.2 Å². The van der Waals surface area contributed by atoms with Crippen LogP contribution in [0.3, 0.4) is 0 Å². The van der Waals surface area contributed by atoms with Crippen LogP contribution in [-0.4, -0.2) is 4.92 Å². The summed E-state index contributed by atoms with van der Waals surface area (Å²) < 4.78 is 14.2. The lowest BCUT2D eigenvalue weighted by Gasteiger charge is -2.37. The van der Waals surface area contributed by atoms with Gasteiger partial charge in [-0.2, -0.15) is 0 Å². The first-order chi connectivity index (χ1) is 11.1. The molecule has 1 N–H and O–H groups in total. The van der Waals surface area contributed by atoms with Crippen LogP contribution < -0.4 is 5.32 Å². The lowest BCUT2D eigenvalue weighted by atomic mass is 9.77. The average molecular weight is 310 g/mol. The fraction of sp³-hybridized carbons (Fsp3) is 0.222. The number of non-ortho nitro benzene ring substituents is 1. The topological polar surface area (TPSA) is 55.2 Å². The molecule has 116 valence electrons. The van der Waals surface area contributed by atoms with Crippen LogP contribution in [0.5, 0.6) is 0 Å². The largest absolute Gasteiger partial charge is 0.375 e. The van der Waals surface area contributed by atoms with Gasteiger partial charge in [0, 0.05) is 18.1 Å². The van der Waals surface area contributed by atoms with Crippen molar-refractivity contribution < 1.29 is 9.31 Å². The molecule has 5 heteroatoms. The number of nitro benzene ring substituents is 1. The Hall–Kier alpha value is -2.69. The summed E-state index contributed by atoms with van der Waals surface area (Å²) >= 11 is 0. The van der Waals surface area contributed by atoms with Crippen LogP contribution in [0.15, 0.2) is 54.6 Å². The number of nitrogens with one attached hydrogen (secondary N) is 1. The van der Waals surface area contributed by atoms with Crippen molar-refractivity contribution in [3.63, 3.8) is 0 Å². The van der Waals surface area contributed by atoms with Gasteiger partial charge < -0.3 is 5.32 Å². The van der Waals surface area contributed by atoms with Gasteiger partial charge in [0.1, 0.15) is 5.82 Å². The molecule has 2 aliphatic rings. The van der Waals surface area contributed by atoms with E-state index in [-0.39, 0.29) is 23.5 Å². The fourth-order valence-electron chi connectivity index (χ4n) is 3.72. The monoisotopic (exact) mass is 310 g/mol. The highest BCUT2D eigenvalue weighted by molar-refractivity contribution is 5.60. The van der Waals surface area contributed by atoms with E-state index in [4.69, 9.17) is 0 Å². The molecule has 1 aliphatic carbocycles. The molecular formula is C18H15FN2O2. The third-order valence-electron chi connectivity index (χ3n) is 4.81. The number of allylic oxidation sites excluding steroid dienone is 2. The van der Waals surface area contributed by atoms with Crippen molar-refractivity contribution in [3.05, 3.63) is 81.7 Å². The number of halogens is 1. The zero-order chi connectivity index (χ0) is 16.0. The standard InChI is InChI=1S/C18H15FN2O2/c19-16-6-2-5-15-13-3-1-4-14(13)17(20-18(15)16)11-7-9-12(10-8-11)21(22)23/h1-3,5-10,13-14,17,20H,4H2/t13-,14+,17+/m0/s1. The maximum atomic E-state index is 14.2. The highest BCUT2D eigenvalue weighted by atomic mass is 19.1. The molecule has 4 rings (SSSR count). The van der Waals surface area contributed by atoms with E-state index in [9.17, 15) is 14.5 Å². The average Bonchev–Trinajstić information content (AvgIpc) is 3.04. The van der Waals surface area contributed by atoms with Gasteiger partial charge in [0.25, 0.3) is 5.69 Å². The van der Waals surface area contributed by atoms with Gasteiger partial charge in [0.05, 0.1) is 16.7 Å². The van der Waals surface area contributed by atoms with Crippen LogP contribution in [0.4, 0.5) is 15.8 Å². The summed E-state index contributed by atoms with van der Waals surface area (Å²) in [7, 11) is 0. The fourth-order valence-corrected chi connectivity index (χ4v) is 3.72. The first kappa shape index (κ1) is 13.9. The number of benzene rings is 2. The maximum absolute atomic E-state index is 14.2. The van der Waals surface area contributed by atoms with Crippen LogP contribution in [0, 0.1) is 21.8 Å². The van der Waals surface area contributed by atoms with Gasteiger partial charge in [-0.05, 0) is 29.5 Å². The molecule has 0 saturated carbocycles. The van der Waals surface area contributed by atoms with E-state index in [2.05, 4.69) is 17.5 Å². The number of para-hydroxylation sites is 1. The summed E-state index contributed by atoms with van der Waals surface area (Å²) in [6.45, 7) is 0. The Kier molecular flexibility index (Phi) is 3.15. The number of fused-ring (bicyclic) bond motifs is 3. The molecule has 0 radical (unpaired) electrons. The Bertz CT molecular complexity index is 801. The molecule has 2 aromatic carbocycles. The molecule has 1 heterocycles. The van der Waals surface area contributed by atoms with Gasteiger partial charge in [0.15, 0.2) is 0 Å². The normalized spacial score (nSPS) is 24.7. The van der Waals surface area contributed by atoms with E-state index >= 15 is 0 Å². The molecule has 23 heavy (non-hydrogen) atoms. The summed E-state index contributed by atoms with van der Waals surface area (Å²) in [6.07, 6.45) is 5.19. The molecule has 1 aliphatic heterocycles. The predicted octanol–water partition coefficient (Wildman–Crippen LogP) is 4.56. The van der Waals surface area contributed by atoms with Gasteiger partial charge >= 0.3 is 0 Å². The maximum Gasteiger partial charge on any atom is 0.269 e. The van der Waals surface area contributed by atoms with Crippen molar-refractivity contribution >= 4 is 11.4 Å². The van der Waals surface area contributed by atoms with Gasteiger partial charge in [-0.15, -0.1) is 0 Å². The third kappa shape index (κ3) is 2.20. The van der Waals surface area contributed by atoms with Crippen molar-refractivity contribution in [1.29, 1.82) is 0 Å². The Morgan fingerprint density at radius 3 is 2.70 bits per heavy atom. The molecular weight excluding hydrogens is 295 g/mol. The first-order valence-corrected chi connectivity index (χ1v) is 7.61. The van der Waals surface area contributed by atoms with E-state index in [1.807, 2.05) is 6.07 Å². The number of rotatable bonds is 2. The smallest absolute Gasteiger partial charge is 0.269 e. The number of nitro groups is 1. The second-order valence-corrected chi connectivity index (χ2v) is 6.03. The zero-order valence-corrected chi connectivity index (χ0v) is 12.3.